The van der Waals surface area contributed by atoms with Gasteiger partial charge in [0.05, 0.1) is 11.9 Å². The van der Waals surface area contributed by atoms with Gasteiger partial charge in [0.15, 0.2) is 0 Å². The summed E-state index contributed by atoms with van der Waals surface area (Å²) in [4.78, 5) is 23.9. The number of amides is 1. The van der Waals surface area contributed by atoms with Crippen LogP contribution < -0.4 is 10.9 Å². The van der Waals surface area contributed by atoms with E-state index < -0.39 is 17.3 Å². The predicted molar refractivity (Wildman–Crippen MR) is 76.3 cm³/mol. The fourth-order valence-corrected chi connectivity index (χ4v) is 1.81. The fraction of sp³-hybridized carbons (Fsp3) is 0. The molecule has 8 heteroatoms. The number of nitrogens with zero attached hydrogens (tertiary/aromatic N) is 3. The second-order valence-electron chi connectivity index (χ2n) is 4.37. The number of hydrogen-bond donors (Lipinski definition) is 2. The summed E-state index contributed by atoms with van der Waals surface area (Å²) >= 11 is 0. The zero-order chi connectivity index (χ0) is 15.5. The minimum atomic E-state index is -0.500. The van der Waals surface area contributed by atoms with Crippen molar-refractivity contribution in [2.45, 2.75) is 0 Å². The fourth-order valence-electron chi connectivity index (χ4n) is 1.81. The Morgan fingerprint density at radius 1 is 1.14 bits per heavy atom. The van der Waals surface area contributed by atoms with E-state index in [-0.39, 0.29) is 5.69 Å². The Kier molecular flexibility index (Phi) is 3.48. The van der Waals surface area contributed by atoms with Crippen molar-refractivity contribution in [1.82, 2.24) is 20.0 Å². The van der Waals surface area contributed by atoms with E-state index in [4.69, 9.17) is 0 Å². The van der Waals surface area contributed by atoms with E-state index in [1.807, 2.05) is 0 Å². The van der Waals surface area contributed by atoms with Gasteiger partial charge in [-0.25, -0.2) is 4.39 Å². The highest BCUT2D eigenvalue weighted by Gasteiger charge is 2.11. The Morgan fingerprint density at radius 3 is 2.59 bits per heavy atom. The number of H-pyrrole nitrogens is 1. The minimum Gasteiger partial charge on any atom is -0.306 e. The van der Waals surface area contributed by atoms with Crippen molar-refractivity contribution < 1.29 is 9.18 Å². The molecule has 3 aromatic rings. The molecule has 2 heterocycles. The molecule has 0 radical (unpaired) electrons. The number of hydrogen-bond acceptors (Lipinski definition) is 4. The van der Waals surface area contributed by atoms with Gasteiger partial charge in [0, 0.05) is 12.1 Å². The summed E-state index contributed by atoms with van der Waals surface area (Å²) in [6.07, 6.45) is 1.49. The van der Waals surface area contributed by atoms with Crippen LogP contribution in [0.5, 0.6) is 0 Å². The minimum absolute atomic E-state index is 0.0403. The molecule has 0 bridgehead atoms. The molecule has 0 saturated carbocycles. The zero-order valence-electron chi connectivity index (χ0n) is 11.2. The summed E-state index contributed by atoms with van der Waals surface area (Å²) < 4.78 is 14.0. The molecule has 0 unspecified atom stereocenters. The van der Waals surface area contributed by atoms with E-state index in [0.717, 1.165) is 4.68 Å². The summed E-state index contributed by atoms with van der Waals surface area (Å²) in [5, 5.41) is 12.8. The molecule has 0 atom stereocenters. The van der Waals surface area contributed by atoms with E-state index in [2.05, 4.69) is 20.6 Å². The highest BCUT2D eigenvalue weighted by atomic mass is 19.1. The highest BCUT2D eigenvalue weighted by Crippen LogP contribution is 2.07. The summed E-state index contributed by atoms with van der Waals surface area (Å²) in [6, 6.07) is 9.34. The summed E-state index contributed by atoms with van der Waals surface area (Å²) in [6.45, 7) is 0. The molecule has 3 rings (SSSR count). The lowest BCUT2D eigenvalue weighted by molar-refractivity contribution is 0.102. The van der Waals surface area contributed by atoms with Gasteiger partial charge in [-0.2, -0.15) is 14.9 Å². The van der Waals surface area contributed by atoms with Crippen molar-refractivity contribution in [3.8, 4) is 5.69 Å². The number of rotatable bonds is 3. The number of carbonyl (C=O) groups excluding carboxylic acids is 1. The predicted octanol–water partition coefficient (Wildman–Crippen LogP) is 1.35. The molecule has 22 heavy (non-hydrogen) atoms. The highest BCUT2D eigenvalue weighted by molar-refractivity contribution is 6.02. The van der Waals surface area contributed by atoms with Gasteiger partial charge in [0.2, 0.25) is 0 Å². The Bertz CT molecular complexity index is 856. The lowest BCUT2D eigenvalue weighted by Crippen LogP contribution is -2.25. The van der Waals surface area contributed by atoms with Gasteiger partial charge >= 0.3 is 0 Å². The summed E-state index contributed by atoms with van der Waals surface area (Å²) in [5.41, 5.74) is -0.0224. The lowest BCUT2D eigenvalue weighted by atomic mass is 10.3. The van der Waals surface area contributed by atoms with Gasteiger partial charge in [-0.1, -0.05) is 0 Å². The number of halogens is 1. The third-order valence-corrected chi connectivity index (χ3v) is 2.85. The largest absolute Gasteiger partial charge is 0.306 e. The Labute approximate surface area is 123 Å². The molecule has 0 saturated heterocycles. The van der Waals surface area contributed by atoms with Gasteiger partial charge in [-0.05, 0) is 30.3 Å². The number of nitrogens with one attached hydrogen (secondary N) is 2. The standard InChI is InChI=1S/C14H10FN5O2/c15-9-1-3-10(4-2-9)20-13(21)6-5-11(19-20)14(22)17-12-7-8-16-18-12/h1-8H,(H2,16,17,18,22). The average Bonchev–Trinajstić information content (AvgIpc) is 3.01. The molecular formula is C14H10FN5O2. The first kappa shape index (κ1) is 13.7. The number of carbonyl (C=O) groups is 1. The number of benzene rings is 1. The summed E-state index contributed by atoms with van der Waals surface area (Å²) in [7, 11) is 0. The average molecular weight is 299 g/mol. The first-order valence-electron chi connectivity index (χ1n) is 6.30. The van der Waals surface area contributed by atoms with Crippen LogP contribution in [0.3, 0.4) is 0 Å². The molecule has 7 nitrogen and oxygen atoms in total. The van der Waals surface area contributed by atoms with Crippen LogP contribution in [0.15, 0.2) is 53.5 Å². The Morgan fingerprint density at radius 2 is 1.91 bits per heavy atom. The molecule has 2 N–H and O–H groups in total. The van der Waals surface area contributed by atoms with Gasteiger partial charge in [0.25, 0.3) is 11.5 Å². The van der Waals surface area contributed by atoms with Crippen molar-refractivity contribution in [2.75, 3.05) is 5.32 Å². The lowest BCUT2D eigenvalue weighted by Gasteiger charge is -2.07. The first-order valence-corrected chi connectivity index (χ1v) is 6.30. The maximum absolute atomic E-state index is 12.9. The number of anilines is 1. The Hall–Kier alpha value is -3.29. The maximum atomic E-state index is 12.9. The van der Waals surface area contributed by atoms with Crippen molar-refractivity contribution in [1.29, 1.82) is 0 Å². The molecule has 0 aliphatic carbocycles. The molecular weight excluding hydrogens is 289 g/mol. The van der Waals surface area contributed by atoms with Crippen LogP contribution in [0, 0.1) is 5.82 Å². The van der Waals surface area contributed by atoms with E-state index in [1.54, 1.807) is 6.07 Å². The van der Waals surface area contributed by atoms with Crippen molar-refractivity contribution in [3.63, 3.8) is 0 Å². The molecule has 0 aliphatic heterocycles. The molecule has 0 aliphatic rings. The van der Waals surface area contributed by atoms with E-state index in [1.165, 1.54) is 42.6 Å². The van der Waals surface area contributed by atoms with E-state index in [9.17, 15) is 14.0 Å². The maximum Gasteiger partial charge on any atom is 0.277 e. The van der Waals surface area contributed by atoms with Crippen LogP contribution in [0.25, 0.3) is 5.69 Å². The SMILES string of the molecule is O=C(Nc1ccn[nH]1)c1ccc(=O)n(-c2ccc(F)cc2)n1. The van der Waals surface area contributed by atoms with Crippen molar-refractivity contribution in [2.24, 2.45) is 0 Å². The van der Waals surface area contributed by atoms with Gasteiger partial charge < -0.3 is 5.32 Å². The van der Waals surface area contributed by atoms with Crippen molar-refractivity contribution >= 4 is 11.7 Å². The van der Waals surface area contributed by atoms with Crippen LogP contribution in [-0.2, 0) is 0 Å². The molecule has 2 aromatic heterocycles. The second kappa shape index (κ2) is 5.60. The van der Waals surface area contributed by atoms with Gasteiger partial charge in [-0.3, -0.25) is 14.7 Å². The van der Waals surface area contributed by atoms with Crippen LogP contribution >= 0.6 is 0 Å². The third kappa shape index (κ3) is 2.75. The van der Waals surface area contributed by atoms with Crippen LogP contribution in [0.2, 0.25) is 0 Å². The zero-order valence-corrected chi connectivity index (χ0v) is 11.2. The monoisotopic (exact) mass is 299 g/mol. The van der Waals surface area contributed by atoms with E-state index in [0.29, 0.717) is 11.5 Å². The quantitative estimate of drug-likeness (QED) is 0.763. The van der Waals surface area contributed by atoms with Gasteiger partial charge in [0.1, 0.15) is 17.3 Å². The van der Waals surface area contributed by atoms with Crippen molar-refractivity contribution in [3.05, 3.63) is 70.5 Å². The van der Waals surface area contributed by atoms with Gasteiger partial charge in [-0.15, -0.1) is 0 Å². The topological polar surface area (TPSA) is 92.7 Å². The number of aromatic amines is 1. The van der Waals surface area contributed by atoms with Crippen LogP contribution in [0.4, 0.5) is 10.2 Å². The molecule has 110 valence electrons. The summed E-state index contributed by atoms with van der Waals surface area (Å²) in [5.74, 6) is -0.517. The van der Waals surface area contributed by atoms with E-state index >= 15 is 0 Å². The first-order chi connectivity index (χ1) is 10.6. The molecule has 0 fully saturated rings. The molecule has 1 aromatic carbocycles. The van der Waals surface area contributed by atoms with Crippen LogP contribution in [-0.4, -0.2) is 25.9 Å². The van der Waals surface area contributed by atoms with Crippen LogP contribution in [0.1, 0.15) is 10.5 Å². The normalized spacial score (nSPS) is 10.4. The second-order valence-corrected chi connectivity index (χ2v) is 4.37. The number of aromatic nitrogens is 4. The molecule has 1 amide bonds. The third-order valence-electron chi connectivity index (χ3n) is 2.85. The Balaban J connectivity index is 1.94. The smallest absolute Gasteiger partial charge is 0.277 e. The molecule has 0 spiro atoms.